The van der Waals surface area contributed by atoms with Crippen LogP contribution in [0.1, 0.15) is 46.4 Å². The maximum Gasteiger partial charge on any atom is 0.264 e. The van der Waals surface area contributed by atoms with Crippen molar-refractivity contribution in [3.63, 3.8) is 0 Å². The van der Waals surface area contributed by atoms with Crippen LogP contribution in [0, 0.1) is 0 Å². The fraction of sp³-hybridized carbons (Fsp3) is 0.412. The monoisotopic (exact) mass is 380 g/mol. The molecule has 1 saturated heterocycles. The van der Waals surface area contributed by atoms with E-state index >= 15 is 0 Å². The van der Waals surface area contributed by atoms with Gasteiger partial charge in [0.1, 0.15) is 6.04 Å². The van der Waals surface area contributed by atoms with Gasteiger partial charge >= 0.3 is 0 Å². The summed E-state index contributed by atoms with van der Waals surface area (Å²) in [7, 11) is 0. The molecule has 1 fully saturated rings. The molecule has 0 aliphatic carbocycles. The lowest BCUT2D eigenvalue weighted by molar-refractivity contribution is -0.136. The Balaban J connectivity index is 0.00000243. The Hall–Kier alpha value is -2.45. The van der Waals surface area contributed by atoms with Crippen molar-refractivity contribution >= 4 is 41.7 Å². The van der Waals surface area contributed by atoms with Gasteiger partial charge in [0.05, 0.1) is 11.1 Å². The molecule has 0 radical (unpaired) electrons. The van der Waals surface area contributed by atoms with Gasteiger partial charge in [0.25, 0.3) is 11.8 Å². The number of rotatable bonds is 6. The largest absolute Gasteiger partial charge is 0.384 e. The number of nitrogens with two attached hydrogens (primary N) is 1. The quantitative estimate of drug-likeness (QED) is 0.492. The molecule has 4 N–H and O–H groups in total. The Morgan fingerprint density at radius 2 is 1.92 bits per heavy atom. The molecule has 4 amide bonds. The van der Waals surface area contributed by atoms with E-state index in [-0.39, 0.29) is 42.3 Å². The van der Waals surface area contributed by atoms with E-state index in [2.05, 4.69) is 10.6 Å². The second-order valence-electron chi connectivity index (χ2n) is 6.10. The van der Waals surface area contributed by atoms with Crippen molar-refractivity contribution in [3.05, 3.63) is 29.3 Å². The minimum Gasteiger partial charge on any atom is -0.384 e. The molecular formula is C17H21ClN4O4. The Labute approximate surface area is 156 Å². The third kappa shape index (κ3) is 3.56. The molecular weight excluding hydrogens is 360 g/mol. The van der Waals surface area contributed by atoms with Crippen LogP contribution in [0.15, 0.2) is 18.2 Å². The summed E-state index contributed by atoms with van der Waals surface area (Å²) in [5.74, 6) is -2.00. The van der Waals surface area contributed by atoms with Crippen molar-refractivity contribution in [2.45, 2.75) is 31.7 Å². The number of hydrogen-bond donors (Lipinski definition) is 3. The molecule has 8 nitrogen and oxygen atoms in total. The Kier molecular flexibility index (Phi) is 6.33. The highest BCUT2D eigenvalue weighted by Gasteiger charge is 2.45. The minimum atomic E-state index is -0.949. The van der Waals surface area contributed by atoms with Crippen LogP contribution in [0.3, 0.4) is 0 Å². The first kappa shape index (κ1) is 19.9. The topological polar surface area (TPSA) is 122 Å². The lowest BCUT2D eigenvalue weighted by Gasteiger charge is -2.27. The fourth-order valence-electron chi connectivity index (χ4n) is 3.15. The maximum atomic E-state index is 12.8. The minimum absolute atomic E-state index is 0. The average molecular weight is 381 g/mol. The van der Waals surface area contributed by atoms with E-state index in [1.54, 1.807) is 18.2 Å². The van der Waals surface area contributed by atoms with Gasteiger partial charge in [-0.3, -0.25) is 29.4 Å². The molecule has 140 valence electrons. The zero-order valence-electron chi connectivity index (χ0n) is 14.1. The molecule has 0 saturated carbocycles. The first-order chi connectivity index (χ1) is 12.0. The Morgan fingerprint density at radius 3 is 2.62 bits per heavy atom. The van der Waals surface area contributed by atoms with Crippen molar-refractivity contribution in [1.29, 1.82) is 0 Å². The molecule has 1 unspecified atom stereocenters. The smallest absolute Gasteiger partial charge is 0.264 e. The van der Waals surface area contributed by atoms with Crippen molar-refractivity contribution in [1.82, 2.24) is 10.2 Å². The second-order valence-corrected chi connectivity index (χ2v) is 6.10. The van der Waals surface area contributed by atoms with E-state index in [1.807, 2.05) is 0 Å². The highest BCUT2D eigenvalue weighted by molar-refractivity contribution is 6.25. The molecule has 0 aromatic heterocycles. The molecule has 1 aromatic carbocycles. The van der Waals surface area contributed by atoms with E-state index in [0.717, 1.165) is 17.7 Å². The van der Waals surface area contributed by atoms with E-state index in [1.165, 1.54) is 0 Å². The summed E-state index contributed by atoms with van der Waals surface area (Å²) in [6.45, 7) is 1.23. The molecule has 0 bridgehead atoms. The third-order valence-electron chi connectivity index (χ3n) is 4.41. The van der Waals surface area contributed by atoms with Gasteiger partial charge in [-0.15, -0.1) is 12.4 Å². The van der Waals surface area contributed by atoms with Crippen LogP contribution in [-0.2, 0) is 9.59 Å². The molecule has 9 heteroatoms. The molecule has 2 heterocycles. The molecule has 0 spiro atoms. The number of nitrogens with zero attached hydrogens (tertiary/aromatic N) is 1. The second kappa shape index (κ2) is 8.29. The fourth-order valence-corrected chi connectivity index (χ4v) is 3.15. The van der Waals surface area contributed by atoms with E-state index in [4.69, 9.17) is 5.73 Å². The van der Waals surface area contributed by atoms with Crippen LogP contribution >= 0.6 is 12.4 Å². The Morgan fingerprint density at radius 1 is 1.15 bits per heavy atom. The van der Waals surface area contributed by atoms with Crippen LogP contribution in [0.4, 0.5) is 5.69 Å². The summed E-state index contributed by atoms with van der Waals surface area (Å²) >= 11 is 0. The van der Waals surface area contributed by atoms with Gasteiger partial charge in [0.15, 0.2) is 0 Å². The van der Waals surface area contributed by atoms with Crippen molar-refractivity contribution in [3.8, 4) is 0 Å². The number of halogens is 1. The standard InChI is InChI=1S/C17H20N4O4.ClH/c18-8-1-2-9-19-11-5-3-4-10-14(11)17(25)21(16(10)24)12-6-7-13(22)20-15(12)23;/h3-5,12,19H,1-2,6-9,18H2,(H,20,22,23);1H. The van der Waals surface area contributed by atoms with Crippen molar-refractivity contribution in [2.75, 3.05) is 18.4 Å². The summed E-state index contributed by atoms with van der Waals surface area (Å²) in [4.78, 5) is 49.8. The number of piperidine rings is 1. The van der Waals surface area contributed by atoms with Crippen LogP contribution in [0.5, 0.6) is 0 Å². The molecule has 26 heavy (non-hydrogen) atoms. The zero-order valence-corrected chi connectivity index (χ0v) is 14.9. The number of imide groups is 2. The van der Waals surface area contributed by atoms with E-state index < -0.39 is 23.8 Å². The van der Waals surface area contributed by atoms with Crippen LogP contribution in [0.25, 0.3) is 0 Å². The van der Waals surface area contributed by atoms with Crippen molar-refractivity contribution in [2.24, 2.45) is 5.73 Å². The van der Waals surface area contributed by atoms with Crippen LogP contribution < -0.4 is 16.4 Å². The first-order valence-electron chi connectivity index (χ1n) is 8.33. The number of amides is 4. The molecule has 2 aliphatic rings. The summed E-state index contributed by atoms with van der Waals surface area (Å²) < 4.78 is 0. The maximum absolute atomic E-state index is 12.8. The summed E-state index contributed by atoms with van der Waals surface area (Å²) in [6, 6.07) is 4.06. The highest BCUT2D eigenvalue weighted by atomic mass is 35.5. The molecule has 2 aliphatic heterocycles. The normalized spacial score (nSPS) is 19.1. The Bertz CT molecular complexity index is 752. The zero-order chi connectivity index (χ0) is 18.0. The highest BCUT2D eigenvalue weighted by Crippen LogP contribution is 2.32. The summed E-state index contributed by atoms with van der Waals surface area (Å²) in [6.07, 6.45) is 1.96. The van der Waals surface area contributed by atoms with Crippen LogP contribution in [-0.4, -0.2) is 47.7 Å². The molecule has 3 rings (SSSR count). The lowest BCUT2D eigenvalue weighted by Crippen LogP contribution is -2.54. The van der Waals surface area contributed by atoms with Gasteiger partial charge in [-0.25, -0.2) is 0 Å². The van der Waals surface area contributed by atoms with E-state index in [0.29, 0.717) is 18.8 Å². The molecule has 1 aromatic rings. The summed E-state index contributed by atoms with van der Waals surface area (Å²) in [5.41, 5.74) is 6.60. The number of carbonyl (C=O) groups excluding carboxylic acids is 4. The van der Waals surface area contributed by atoms with Crippen LogP contribution in [0.2, 0.25) is 0 Å². The van der Waals surface area contributed by atoms with Gasteiger partial charge < -0.3 is 11.1 Å². The lowest BCUT2D eigenvalue weighted by atomic mass is 10.0. The number of nitrogens with one attached hydrogen (secondary N) is 2. The van der Waals surface area contributed by atoms with Gasteiger partial charge in [-0.1, -0.05) is 6.07 Å². The SMILES string of the molecule is Cl.NCCCCNc1cccc2c1C(=O)N(C1CCC(=O)NC1=O)C2=O. The number of unbranched alkanes of at least 4 members (excludes halogenated alkanes) is 1. The number of hydrogen-bond acceptors (Lipinski definition) is 6. The average Bonchev–Trinajstić information content (AvgIpc) is 2.84. The third-order valence-corrected chi connectivity index (χ3v) is 4.41. The van der Waals surface area contributed by atoms with Gasteiger partial charge in [-0.05, 0) is 37.9 Å². The van der Waals surface area contributed by atoms with Crippen molar-refractivity contribution < 1.29 is 19.2 Å². The molecule has 1 atom stereocenters. The predicted molar refractivity (Wildman–Crippen MR) is 97.1 cm³/mol. The number of fused-ring (bicyclic) bond motifs is 1. The van der Waals surface area contributed by atoms with Gasteiger partial charge in [0.2, 0.25) is 11.8 Å². The first-order valence-corrected chi connectivity index (χ1v) is 8.33. The number of anilines is 1. The number of carbonyl (C=O) groups is 4. The summed E-state index contributed by atoms with van der Waals surface area (Å²) in [5, 5.41) is 5.35. The van der Waals surface area contributed by atoms with Gasteiger partial charge in [-0.2, -0.15) is 0 Å². The number of benzene rings is 1. The van der Waals surface area contributed by atoms with E-state index in [9.17, 15) is 19.2 Å². The predicted octanol–water partition coefficient (Wildman–Crippen LogP) is 0.660. The van der Waals surface area contributed by atoms with Gasteiger partial charge in [0, 0.05) is 18.7 Å².